The zero-order chi connectivity index (χ0) is 15.2. The van der Waals surface area contributed by atoms with Gasteiger partial charge in [-0.25, -0.2) is 4.79 Å². The van der Waals surface area contributed by atoms with Crippen LogP contribution in [0.15, 0.2) is 49.1 Å². The van der Waals surface area contributed by atoms with Crippen molar-refractivity contribution in [3.8, 4) is 0 Å². The van der Waals surface area contributed by atoms with Crippen LogP contribution in [-0.4, -0.2) is 37.9 Å². The first-order valence-electron chi connectivity index (χ1n) is 6.79. The van der Waals surface area contributed by atoms with E-state index in [-0.39, 0.29) is 0 Å². The summed E-state index contributed by atoms with van der Waals surface area (Å²) in [4.78, 5) is 13.5. The maximum absolute atomic E-state index is 11.3. The average molecular weight is 285 g/mol. The molecule has 0 aliphatic heterocycles. The standard InChI is InChI=1S/C17H19NO3/c1-3-10-18(11-12-21-2)16-9-8-15(17(19)20)13-6-4-5-7-14(13)16/h3-9H,1,10-12H2,2H3,(H,19,20). The fourth-order valence-electron chi connectivity index (χ4n) is 2.41. The van der Waals surface area contributed by atoms with Crippen LogP contribution in [0.1, 0.15) is 10.4 Å². The number of anilines is 1. The second-order valence-corrected chi connectivity index (χ2v) is 4.71. The molecule has 2 aromatic carbocycles. The molecule has 0 bridgehead atoms. The molecule has 1 N–H and O–H groups in total. The minimum atomic E-state index is -0.912. The monoisotopic (exact) mass is 285 g/mol. The molecule has 0 aliphatic carbocycles. The van der Waals surface area contributed by atoms with Crippen LogP contribution in [-0.2, 0) is 4.74 Å². The lowest BCUT2D eigenvalue weighted by atomic mass is 10.0. The second kappa shape index (κ2) is 6.90. The lowest BCUT2D eigenvalue weighted by Gasteiger charge is -2.25. The van der Waals surface area contributed by atoms with E-state index in [9.17, 15) is 9.90 Å². The molecule has 0 saturated carbocycles. The molecule has 0 spiro atoms. The van der Waals surface area contributed by atoms with Crippen LogP contribution in [0.3, 0.4) is 0 Å². The first kappa shape index (κ1) is 15.1. The van der Waals surface area contributed by atoms with Crippen LogP contribution < -0.4 is 4.90 Å². The number of carboxylic acid groups (broad SMARTS) is 1. The van der Waals surface area contributed by atoms with Crippen molar-refractivity contribution in [2.45, 2.75) is 0 Å². The second-order valence-electron chi connectivity index (χ2n) is 4.71. The Bertz CT molecular complexity index is 652. The molecule has 110 valence electrons. The molecule has 21 heavy (non-hydrogen) atoms. The van der Waals surface area contributed by atoms with Gasteiger partial charge in [0.1, 0.15) is 0 Å². The Hall–Kier alpha value is -2.33. The summed E-state index contributed by atoms with van der Waals surface area (Å²) < 4.78 is 5.14. The van der Waals surface area contributed by atoms with Crippen molar-refractivity contribution in [1.82, 2.24) is 0 Å². The average Bonchev–Trinajstić information content (AvgIpc) is 2.50. The zero-order valence-electron chi connectivity index (χ0n) is 12.1. The normalized spacial score (nSPS) is 10.5. The predicted molar refractivity (Wildman–Crippen MR) is 85.2 cm³/mol. The molecule has 2 aromatic rings. The number of carbonyl (C=O) groups is 1. The molecular formula is C17H19NO3. The van der Waals surface area contributed by atoms with E-state index in [1.807, 2.05) is 36.4 Å². The van der Waals surface area contributed by atoms with Crippen molar-refractivity contribution in [1.29, 1.82) is 0 Å². The Morgan fingerprint density at radius 1 is 1.29 bits per heavy atom. The summed E-state index contributed by atoms with van der Waals surface area (Å²) in [7, 11) is 1.66. The largest absolute Gasteiger partial charge is 0.478 e. The molecule has 0 saturated heterocycles. The van der Waals surface area contributed by atoms with Gasteiger partial charge in [-0.15, -0.1) is 6.58 Å². The smallest absolute Gasteiger partial charge is 0.336 e. The van der Waals surface area contributed by atoms with Gasteiger partial charge in [-0.2, -0.15) is 0 Å². The highest BCUT2D eigenvalue weighted by Gasteiger charge is 2.14. The first-order valence-corrected chi connectivity index (χ1v) is 6.79. The van der Waals surface area contributed by atoms with Crippen molar-refractivity contribution in [2.24, 2.45) is 0 Å². The Kier molecular flexibility index (Phi) is 4.95. The lowest BCUT2D eigenvalue weighted by molar-refractivity contribution is 0.0699. The minimum absolute atomic E-state index is 0.319. The molecule has 0 amide bonds. The van der Waals surface area contributed by atoms with E-state index in [2.05, 4.69) is 11.5 Å². The number of rotatable bonds is 7. The van der Waals surface area contributed by atoms with Gasteiger partial charge in [0, 0.05) is 31.3 Å². The number of benzene rings is 2. The van der Waals surface area contributed by atoms with Crippen LogP contribution in [0.25, 0.3) is 10.8 Å². The van der Waals surface area contributed by atoms with E-state index < -0.39 is 5.97 Å². The lowest BCUT2D eigenvalue weighted by Crippen LogP contribution is -2.27. The number of fused-ring (bicyclic) bond motifs is 1. The van der Waals surface area contributed by atoms with E-state index in [1.54, 1.807) is 13.2 Å². The quantitative estimate of drug-likeness (QED) is 0.794. The van der Waals surface area contributed by atoms with E-state index in [0.29, 0.717) is 18.7 Å². The molecule has 0 atom stereocenters. The van der Waals surface area contributed by atoms with Crippen molar-refractivity contribution in [2.75, 3.05) is 31.7 Å². The van der Waals surface area contributed by atoms with Gasteiger partial charge in [0.15, 0.2) is 0 Å². The van der Waals surface area contributed by atoms with Crippen molar-refractivity contribution in [3.05, 3.63) is 54.6 Å². The van der Waals surface area contributed by atoms with Gasteiger partial charge in [-0.05, 0) is 17.5 Å². The van der Waals surface area contributed by atoms with Crippen molar-refractivity contribution < 1.29 is 14.6 Å². The van der Waals surface area contributed by atoms with E-state index in [0.717, 1.165) is 23.0 Å². The molecular weight excluding hydrogens is 266 g/mol. The molecule has 4 heteroatoms. The highest BCUT2D eigenvalue weighted by atomic mass is 16.5. The molecule has 0 unspecified atom stereocenters. The Morgan fingerprint density at radius 2 is 2.00 bits per heavy atom. The topological polar surface area (TPSA) is 49.8 Å². The fourth-order valence-corrected chi connectivity index (χ4v) is 2.41. The van der Waals surface area contributed by atoms with Crippen LogP contribution in [0.2, 0.25) is 0 Å². The fraction of sp³-hybridized carbons (Fsp3) is 0.235. The van der Waals surface area contributed by atoms with Gasteiger partial charge in [0.05, 0.1) is 12.2 Å². The number of aromatic carboxylic acids is 1. The predicted octanol–water partition coefficient (Wildman–Crippen LogP) is 3.18. The number of methoxy groups -OCH3 is 1. The van der Waals surface area contributed by atoms with Crippen LogP contribution in [0.5, 0.6) is 0 Å². The summed E-state index contributed by atoms with van der Waals surface area (Å²) in [6, 6.07) is 11.1. The van der Waals surface area contributed by atoms with Crippen LogP contribution >= 0.6 is 0 Å². The number of nitrogens with zero attached hydrogens (tertiary/aromatic N) is 1. The van der Waals surface area contributed by atoms with Gasteiger partial charge >= 0.3 is 5.97 Å². The van der Waals surface area contributed by atoms with E-state index in [1.165, 1.54) is 0 Å². The summed E-state index contributed by atoms with van der Waals surface area (Å²) in [5, 5.41) is 11.0. The number of hydrogen-bond acceptors (Lipinski definition) is 3. The summed E-state index contributed by atoms with van der Waals surface area (Å²) >= 11 is 0. The Morgan fingerprint density at radius 3 is 2.62 bits per heavy atom. The van der Waals surface area contributed by atoms with Gasteiger partial charge < -0.3 is 14.7 Å². The third kappa shape index (κ3) is 3.23. The van der Waals surface area contributed by atoms with Crippen molar-refractivity contribution in [3.63, 3.8) is 0 Å². The summed E-state index contributed by atoms with van der Waals surface area (Å²) in [5.41, 5.74) is 1.31. The molecule has 0 heterocycles. The highest BCUT2D eigenvalue weighted by Crippen LogP contribution is 2.29. The number of carboxylic acids is 1. The molecule has 2 rings (SSSR count). The maximum Gasteiger partial charge on any atom is 0.336 e. The van der Waals surface area contributed by atoms with Gasteiger partial charge in [0.2, 0.25) is 0 Å². The highest BCUT2D eigenvalue weighted by molar-refractivity contribution is 6.07. The summed E-state index contributed by atoms with van der Waals surface area (Å²) in [5.74, 6) is -0.912. The Balaban J connectivity index is 2.55. The van der Waals surface area contributed by atoms with Gasteiger partial charge in [-0.1, -0.05) is 30.3 Å². The number of ether oxygens (including phenoxy) is 1. The molecule has 0 fully saturated rings. The third-order valence-electron chi connectivity index (χ3n) is 3.39. The van der Waals surface area contributed by atoms with E-state index in [4.69, 9.17) is 4.74 Å². The Labute approximate surface area is 124 Å². The zero-order valence-corrected chi connectivity index (χ0v) is 12.1. The minimum Gasteiger partial charge on any atom is -0.478 e. The van der Waals surface area contributed by atoms with E-state index >= 15 is 0 Å². The molecule has 0 radical (unpaired) electrons. The van der Waals surface area contributed by atoms with Gasteiger partial charge in [0.25, 0.3) is 0 Å². The molecule has 4 nitrogen and oxygen atoms in total. The number of hydrogen-bond donors (Lipinski definition) is 1. The maximum atomic E-state index is 11.3. The van der Waals surface area contributed by atoms with Crippen molar-refractivity contribution >= 4 is 22.4 Å². The summed E-state index contributed by atoms with van der Waals surface area (Å²) in [6.07, 6.45) is 1.83. The molecule has 0 aromatic heterocycles. The molecule has 0 aliphatic rings. The van der Waals surface area contributed by atoms with Gasteiger partial charge in [-0.3, -0.25) is 0 Å². The third-order valence-corrected chi connectivity index (χ3v) is 3.39. The van der Waals surface area contributed by atoms with Crippen LogP contribution in [0, 0.1) is 0 Å². The van der Waals surface area contributed by atoms with Crippen LogP contribution in [0.4, 0.5) is 5.69 Å². The first-order chi connectivity index (χ1) is 10.2. The summed E-state index contributed by atoms with van der Waals surface area (Å²) in [6.45, 7) is 5.78. The SMILES string of the molecule is C=CCN(CCOC)c1ccc(C(=O)O)c2ccccc12.